The van der Waals surface area contributed by atoms with Gasteiger partial charge in [-0.15, -0.1) is 0 Å². The molecular weight excluding hydrogens is 309 g/mol. The van der Waals surface area contributed by atoms with Gasteiger partial charge in [0.1, 0.15) is 5.82 Å². The van der Waals surface area contributed by atoms with Crippen molar-refractivity contribution in [1.29, 1.82) is 0 Å². The molecule has 2 rings (SSSR count). The Morgan fingerprint density at radius 1 is 1.28 bits per heavy atom. The molecule has 0 saturated heterocycles. The summed E-state index contributed by atoms with van der Waals surface area (Å²) in [4.78, 5) is 3.64. The van der Waals surface area contributed by atoms with Crippen LogP contribution < -0.4 is 0 Å². The molecule has 6 heteroatoms. The van der Waals surface area contributed by atoms with Crippen LogP contribution in [-0.2, 0) is 13.2 Å². The Bertz CT molecular complexity index is 587. The Morgan fingerprint density at radius 3 is 2.44 bits per heavy atom. The number of halogens is 4. The monoisotopic (exact) mass is 318 g/mol. The predicted octanol–water partition coefficient (Wildman–Crippen LogP) is 4.18. The SMILES string of the molecule is Cc1cc(-c2nc(C(F)(F)F)cn2C)ccc1Br. The van der Waals surface area contributed by atoms with Crippen LogP contribution in [0.5, 0.6) is 0 Å². The summed E-state index contributed by atoms with van der Waals surface area (Å²) < 4.78 is 40.0. The maximum Gasteiger partial charge on any atom is 0.434 e. The third-order valence-corrected chi connectivity index (χ3v) is 3.47. The Balaban J connectivity index is 2.51. The highest BCUT2D eigenvalue weighted by atomic mass is 79.9. The lowest BCUT2D eigenvalue weighted by Gasteiger charge is -2.04. The molecule has 0 amide bonds. The van der Waals surface area contributed by atoms with E-state index >= 15 is 0 Å². The highest BCUT2D eigenvalue weighted by molar-refractivity contribution is 9.10. The smallest absolute Gasteiger partial charge is 0.333 e. The number of benzene rings is 1. The van der Waals surface area contributed by atoms with Crippen LogP contribution in [0.25, 0.3) is 11.4 Å². The number of imidazole rings is 1. The van der Waals surface area contributed by atoms with Gasteiger partial charge in [0.15, 0.2) is 5.69 Å². The molecule has 0 fully saturated rings. The Morgan fingerprint density at radius 2 is 1.94 bits per heavy atom. The van der Waals surface area contributed by atoms with Gasteiger partial charge < -0.3 is 4.57 Å². The zero-order valence-electron chi connectivity index (χ0n) is 9.72. The standard InChI is InChI=1S/C12H10BrF3N2/c1-7-5-8(3-4-9(7)13)11-17-10(6-18(11)2)12(14,15)16/h3-6H,1-2H3. The summed E-state index contributed by atoms with van der Waals surface area (Å²) in [6.07, 6.45) is -3.42. The van der Waals surface area contributed by atoms with Crippen LogP contribution in [0.1, 0.15) is 11.3 Å². The second-order valence-electron chi connectivity index (χ2n) is 4.02. The Kier molecular flexibility index (Phi) is 3.23. The van der Waals surface area contributed by atoms with E-state index < -0.39 is 11.9 Å². The van der Waals surface area contributed by atoms with E-state index in [9.17, 15) is 13.2 Å². The summed E-state index contributed by atoms with van der Waals surface area (Å²) in [6.45, 7) is 1.88. The number of aryl methyl sites for hydroxylation is 2. The van der Waals surface area contributed by atoms with E-state index in [4.69, 9.17) is 0 Å². The van der Waals surface area contributed by atoms with Crippen LogP contribution in [0, 0.1) is 6.92 Å². The van der Waals surface area contributed by atoms with Crippen LogP contribution in [0.2, 0.25) is 0 Å². The average Bonchev–Trinajstić information content (AvgIpc) is 2.64. The van der Waals surface area contributed by atoms with Crippen molar-refractivity contribution in [3.05, 3.63) is 40.1 Å². The van der Waals surface area contributed by atoms with Crippen molar-refractivity contribution >= 4 is 15.9 Å². The summed E-state index contributed by atoms with van der Waals surface area (Å²) in [6, 6.07) is 5.33. The van der Waals surface area contributed by atoms with Crippen molar-refractivity contribution in [2.45, 2.75) is 13.1 Å². The third kappa shape index (κ3) is 2.43. The number of hydrogen-bond donors (Lipinski definition) is 0. The molecule has 0 atom stereocenters. The van der Waals surface area contributed by atoms with Gasteiger partial charge in [0.05, 0.1) is 0 Å². The quantitative estimate of drug-likeness (QED) is 0.771. The average molecular weight is 319 g/mol. The molecule has 2 aromatic rings. The minimum atomic E-state index is -4.42. The molecule has 1 heterocycles. The van der Waals surface area contributed by atoms with Gasteiger partial charge in [0, 0.05) is 23.3 Å². The van der Waals surface area contributed by atoms with Gasteiger partial charge in [0.2, 0.25) is 0 Å². The molecule has 0 radical (unpaired) electrons. The summed E-state index contributed by atoms with van der Waals surface area (Å²) in [5, 5.41) is 0. The van der Waals surface area contributed by atoms with Crippen LogP contribution in [-0.4, -0.2) is 9.55 Å². The molecule has 0 saturated carbocycles. The maximum absolute atomic E-state index is 12.6. The number of rotatable bonds is 1. The van der Waals surface area contributed by atoms with E-state index in [1.165, 1.54) is 4.57 Å². The first-order chi connectivity index (χ1) is 8.29. The molecule has 1 aromatic heterocycles. The van der Waals surface area contributed by atoms with Gasteiger partial charge >= 0.3 is 6.18 Å². The highest BCUT2D eigenvalue weighted by Crippen LogP contribution is 2.31. The zero-order chi connectivity index (χ0) is 13.5. The summed E-state index contributed by atoms with van der Waals surface area (Å²) in [5.41, 5.74) is 0.735. The van der Waals surface area contributed by atoms with Gasteiger partial charge in [0.25, 0.3) is 0 Å². The number of alkyl halides is 3. The van der Waals surface area contributed by atoms with E-state index in [1.54, 1.807) is 25.2 Å². The second-order valence-corrected chi connectivity index (χ2v) is 4.88. The molecule has 0 aliphatic heterocycles. The predicted molar refractivity (Wildman–Crippen MR) is 66.1 cm³/mol. The zero-order valence-corrected chi connectivity index (χ0v) is 11.3. The third-order valence-electron chi connectivity index (χ3n) is 2.58. The van der Waals surface area contributed by atoms with Crippen LogP contribution in [0.4, 0.5) is 13.2 Å². The van der Waals surface area contributed by atoms with Crippen molar-refractivity contribution in [2.75, 3.05) is 0 Å². The van der Waals surface area contributed by atoms with E-state index in [0.717, 1.165) is 16.2 Å². The number of nitrogens with zero attached hydrogens (tertiary/aromatic N) is 2. The molecule has 0 unspecified atom stereocenters. The van der Waals surface area contributed by atoms with E-state index in [2.05, 4.69) is 20.9 Å². The van der Waals surface area contributed by atoms with Gasteiger partial charge in [-0.05, 0) is 24.6 Å². The molecule has 0 N–H and O–H groups in total. The number of hydrogen-bond acceptors (Lipinski definition) is 1. The first-order valence-electron chi connectivity index (χ1n) is 5.16. The topological polar surface area (TPSA) is 17.8 Å². The fourth-order valence-electron chi connectivity index (χ4n) is 1.65. The molecule has 96 valence electrons. The molecule has 1 aromatic carbocycles. The molecule has 0 bridgehead atoms. The summed E-state index contributed by atoms with van der Waals surface area (Å²) in [7, 11) is 1.55. The minimum Gasteiger partial charge on any atom is -0.333 e. The van der Waals surface area contributed by atoms with Crippen molar-refractivity contribution in [1.82, 2.24) is 9.55 Å². The van der Waals surface area contributed by atoms with Gasteiger partial charge in [-0.3, -0.25) is 0 Å². The molecular formula is C12H10BrF3N2. The normalized spacial score (nSPS) is 11.9. The van der Waals surface area contributed by atoms with Gasteiger partial charge in [-0.1, -0.05) is 22.0 Å². The lowest BCUT2D eigenvalue weighted by molar-refractivity contribution is -0.140. The van der Waals surface area contributed by atoms with Gasteiger partial charge in [-0.2, -0.15) is 13.2 Å². The molecule has 2 nitrogen and oxygen atoms in total. The summed E-state index contributed by atoms with van der Waals surface area (Å²) in [5.74, 6) is 0.304. The fourth-order valence-corrected chi connectivity index (χ4v) is 1.90. The second kappa shape index (κ2) is 4.42. The van der Waals surface area contributed by atoms with E-state index in [1.807, 2.05) is 6.92 Å². The maximum atomic E-state index is 12.6. The van der Waals surface area contributed by atoms with Crippen molar-refractivity contribution < 1.29 is 13.2 Å². The van der Waals surface area contributed by atoms with Crippen LogP contribution >= 0.6 is 15.9 Å². The first-order valence-corrected chi connectivity index (χ1v) is 5.95. The van der Waals surface area contributed by atoms with Crippen molar-refractivity contribution in [3.63, 3.8) is 0 Å². The first kappa shape index (κ1) is 13.1. The number of aromatic nitrogens is 2. The van der Waals surface area contributed by atoms with E-state index in [-0.39, 0.29) is 0 Å². The Hall–Kier alpha value is -1.30. The molecule has 18 heavy (non-hydrogen) atoms. The summed E-state index contributed by atoms with van der Waals surface area (Å²) >= 11 is 3.35. The molecule has 0 spiro atoms. The molecule has 0 aliphatic rings. The van der Waals surface area contributed by atoms with Crippen molar-refractivity contribution in [2.24, 2.45) is 7.05 Å². The van der Waals surface area contributed by atoms with Crippen LogP contribution in [0.15, 0.2) is 28.9 Å². The van der Waals surface area contributed by atoms with Crippen LogP contribution in [0.3, 0.4) is 0 Å². The minimum absolute atomic E-state index is 0.304. The van der Waals surface area contributed by atoms with E-state index in [0.29, 0.717) is 11.4 Å². The molecule has 0 aliphatic carbocycles. The highest BCUT2D eigenvalue weighted by Gasteiger charge is 2.34. The largest absolute Gasteiger partial charge is 0.434 e. The lowest BCUT2D eigenvalue weighted by Crippen LogP contribution is -2.04. The fraction of sp³-hybridized carbons (Fsp3) is 0.250. The van der Waals surface area contributed by atoms with Gasteiger partial charge in [-0.25, -0.2) is 4.98 Å². The lowest BCUT2D eigenvalue weighted by atomic mass is 10.1. The van der Waals surface area contributed by atoms with Crippen molar-refractivity contribution in [3.8, 4) is 11.4 Å². The Labute approximate surface area is 111 Å².